The molecule has 0 aromatic heterocycles. The summed E-state index contributed by atoms with van der Waals surface area (Å²) < 4.78 is 14.3. The lowest BCUT2D eigenvalue weighted by molar-refractivity contribution is 0.318. The minimum Gasteiger partial charge on any atom is -0.369 e. The monoisotopic (exact) mass is 278 g/mol. The predicted octanol–water partition coefficient (Wildman–Crippen LogP) is 3.95. The van der Waals surface area contributed by atoms with Gasteiger partial charge in [-0.25, -0.2) is 4.39 Å². The average molecular weight is 278 g/mol. The van der Waals surface area contributed by atoms with Gasteiger partial charge in [-0.2, -0.15) is 0 Å². The van der Waals surface area contributed by atoms with E-state index in [2.05, 4.69) is 24.1 Å². The molecule has 1 saturated carbocycles. The van der Waals surface area contributed by atoms with Gasteiger partial charge in [-0.3, -0.25) is 0 Å². The maximum absolute atomic E-state index is 14.3. The Balaban J connectivity index is 1.98. The van der Waals surface area contributed by atoms with Gasteiger partial charge in [0.05, 0.1) is 5.69 Å². The third-order valence-corrected chi connectivity index (χ3v) is 4.19. The van der Waals surface area contributed by atoms with E-state index >= 15 is 0 Å². The van der Waals surface area contributed by atoms with E-state index in [0.29, 0.717) is 0 Å². The molecular weight excluding hydrogens is 251 g/mol. The first kappa shape index (κ1) is 15.3. The van der Waals surface area contributed by atoms with Gasteiger partial charge in [0.15, 0.2) is 0 Å². The van der Waals surface area contributed by atoms with E-state index in [4.69, 9.17) is 0 Å². The fourth-order valence-corrected chi connectivity index (χ4v) is 2.71. The van der Waals surface area contributed by atoms with E-state index in [1.807, 2.05) is 12.1 Å². The zero-order chi connectivity index (χ0) is 14.4. The zero-order valence-electron chi connectivity index (χ0n) is 12.8. The van der Waals surface area contributed by atoms with Crippen LogP contribution in [-0.2, 0) is 6.54 Å². The van der Waals surface area contributed by atoms with Gasteiger partial charge in [-0.15, -0.1) is 0 Å². The number of benzene rings is 1. The Hall–Kier alpha value is -1.09. The fourth-order valence-electron chi connectivity index (χ4n) is 2.71. The van der Waals surface area contributed by atoms with Gasteiger partial charge in [0.25, 0.3) is 0 Å². The highest BCUT2D eigenvalue weighted by atomic mass is 19.1. The van der Waals surface area contributed by atoms with Gasteiger partial charge in [-0.1, -0.05) is 19.4 Å². The van der Waals surface area contributed by atoms with Crippen molar-refractivity contribution in [3.63, 3.8) is 0 Å². The molecule has 1 aromatic carbocycles. The van der Waals surface area contributed by atoms with Crippen LogP contribution in [0.5, 0.6) is 0 Å². The molecule has 0 bridgehead atoms. The van der Waals surface area contributed by atoms with E-state index in [-0.39, 0.29) is 5.82 Å². The first-order valence-corrected chi connectivity index (χ1v) is 7.98. The molecule has 1 fully saturated rings. The number of hydrogen-bond acceptors (Lipinski definition) is 2. The molecule has 0 unspecified atom stereocenters. The summed E-state index contributed by atoms with van der Waals surface area (Å²) in [6, 6.07) is 5.67. The van der Waals surface area contributed by atoms with Crippen LogP contribution in [0, 0.1) is 11.7 Å². The molecule has 2 nitrogen and oxygen atoms in total. The molecule has 0 radical (unpaired) electrons. The highest BCUT2D eigenvalue weighted by molar-refractivity contribution is 5.49. The molecule has 20 heavy (non-hydrogen) atoms. The van der Waals surface area contributed by atoms with Gasteiger partial charge in [-0.05, 0) is 56.3 Å². The zero-order valence-corrected chi connectivity index (χ0v) is 12.8. The minimum absolute atomic E-state index is 0.0815. The lowest BCUT2D eigenvalue weighted by Gasteiger charge is -2.33. The fraction of sp³-hybridized carbons (Fsp3) is 0.647. The molecule has 0 spiro atoms. The molecule has 1 N–H and O–H groups in total. The molecule has 1 aliphatic carbocycles. The number of halogens is 1. The van der Waals surface area contributed by atoms with Gasteiger partial charge >= 0.3 is 0 Å². The van der Waals surface area contributed by atoms with Crippen molar-refractivity contribution in [2.24, 2.45) is 5.92 Å². The van der Waals surface area contributed by atoms with Crippen molar-refractivity contribution in [2.45, 2.75) is 46.1 Å². The summed E-state index contributed by atoms with van der Waals surface area (Å²) in [6.07, 6.45) is 5.05. The Bertz CT molecular complexity index is 415. The van der Waals surface area contributed by atoms with Crippen LogP contribution in [0.15, 0.2) is 18.2 Å². The summed E-state index contributed by atoms with van der Waals surface area (Å²) in [7, 11) is 0. The number of nitrogens with one attached hydrogen (secondary N) is 1. The van der Waals surface area contributed by atoms with E-state index in [0.717, 1.165) is 49.8 Å². The molecule has 3 heteroatoms. The lowest BCUT2D eigenvalue weighted by atomic mass is 9.85. The number of nitrogens with zero attached hydrogens (tertiary/aromatic N) is 1. The topological polar surface area (TPSA) is 15.3 Å². The Morgan fingerprint density at radius 3 is 2.65 bits per heavy atom. The van der Waals surface area contributed by atoms with E-state index in [9.17, 15) is 4.39 Å². The quantitative estimate of drug-likeness (QED) is 0.724. The third-order valence-electron chi connectivity index (χ3n) is 4.19. The summed E-state index contributed by atoms with van der Waals surface area (Å²) in [5.74, 6) is 0.683. The summed E-state index contributed by atoms with van der Waals surface area (Å²) in [5, 5.41) is 3.31. The maximum atomic E-state index is 14.3. The Kier molecular flexibility index (Phi) is 5.84. The standard InChI is InChI=1S/C17H27FN2/c1-3-10-19-12-15-8-9-17(16(18)11-15)20(4-2)13-14-6-5-7-14/h8-9,11,14,19H,3-7,10,12-13H2,1-2H3. The van der Waals surface area contributed by atoms with Crippen LogP contribution in [0.2, 0.25) is 0 Å². The molecule has 0 amide bonds. The SMILES string of the molecule is CCCNCc1ccc(N(CC)CC2CCC2)c(F)c1. The summed E-state index contributed by atoms with van der Waals surface area (Å²) in [6.45, 7) is 7.85. The van der Waals surface area contributed by atoms with E-state index < -0.39 is 0 Å². The Labute approximate surface area is 122 Å². The van der Waals surface area contributed by atoms with E-state index in [1.54, 1.807) is 6.07 Å². The number of hydrogen-bond donors (Lipinski definition) is 1. The second kappa shape index (κ2) is 7.63. The Morgan fingerprint density at radius 1 is 1.30 bits per heavy atom. The minimum atomic E-state index is -0.0815. The first-order valence-electron chi connectivity index (χ1n) is 7.98. The second-order valence-electron chi connectivity index (χ2n) is 5.80. The van der Waals surface area contributed by atoms with Crippen molar-refractivity contribution < 1.29 is 4.39 Å². The van der Waals surface area contributed by atoms with Gasteiger partial charge < -0.3 is 10.2 Å². The third kappa shape index (κ3) is 3.95. The molecule has 0 aliphatic heterocycles. The molecule has 0 saturated heterocycles. The largest absolute Gasteiger partial charge is 0.369 e. The van der Waals surface area contributed by atoms with Crippen LogP contribution >= 0.6 is 0 Å². The second-order valence-corrected chi connectivity index (χ2v) is 5.80. The number of rotatable bonds is 8. The summed E-state index contributed by atoms with van der Waals surface area (Å²) in [4.78, 5) is 2.18. The van der Waals surface area contributed by atoms with E-state index in [1.165, 1.54) is 19.3 Å². The van der Waals surface area contributed by atoms with Crippen molar-refractivity contribution >= 4 is 5.69 Å². The molecule has 1 aromatic rings. The molecule has 1 aliphatic rings. The summed E-state index contributed by atoms with van der Waals surface area (Å²) >= 11 is 0. The molecule has 112 valence electrons. The van der Waals surface area contributed by atoms with Crippen LogP contribution in [-0.4, -0.2) is 19.6 Å². The van der Waals surface area contributed by atoms with Crippen molar-refractivity contribution in [1.29, 1.82) is 0 Å². The highest BCUT2D eigenvalue weighted by Gasteiger charge is 2.21. The molecule has 0 heterocycles. The lowest BCUT2D eigenvalue weighted by Crippen LogP contribution is -2.33. The average Bonchev–Trinajstić information content (AvgIpc) is 2.39. The summed E-state index contributed by atoms with van der Waals surface area (Å²) in [5.41, 5.74) is 1.79. The molecule has 2 rings (SSSR count). The van der Waals surface area contributed by atoms with Crippen molar-refractivity contribution in [3.8, 4) is 0 Å². The normalized spacial score (nSPS) is 15.2. The van der Waals surface area contributed by atoms with Crippen LogP contribution in [0.3, 0.4) is 0 Å². The Morgan fingerprint density at radius 2 is 2.10 bits per heavy atom. The maximum Gasteiger partial charge on any atom is 0.146 e. The van der Waals surface area contributed by atoms with Crippen molar-refractivity contribution in [2.75, 3.05) is 24.5 Å². The first-order chi connectivity index (χ1) is 9.74. The van der Waals surface area contributed by atoms with Crippen LogP contribution in [0.4, 0.5) is 10.1 Å². The van der Waals surface area contributed by atoms with Crippen molar-refractivity contribution in [1.82, 2.24) is 5.32 Å². The smallest absolute Gasteiger partial charge is 0.146 e. The van der Waals surface area contributed by atoms with Crippen LogP contribution in [0.25, 0.3) is 0 Å². The van der Waals surface area contributed by atoms with Gasteiger partial charge in [0.1, 0.15) is 5.82 Å². The molecular formula is C17H27FN2. The highest BCUT2D eigenvalue weighted by Crippen LogP contribution is 2.30. The molecule has 0 atom stereocenters. The predicted molar refractivity (Wildman–Crippen MR) is 83.6 cm³/mol. The van der Waals surface area contributed by atoms with Gasteiger partial charge in [0.2, 0.25) is 0 Å². The van der Waals surface area contributed by atoms with Crippen LogP contribution < -0.4 is 10.2 Å². The van der Waals surface area contributed by atoms with Crippen molar-refractivity contribution in [3.05, 3.63) is 29.6 Å². The number of anilines is 1. The van der Waals surface area contributed by atoms with Crippen LogP contribution in [0.1, 0.15) is 45.1 Å². The van der Waals surface area contributed by atoms with Gasteiger partial charge in [0, 0.05) is 19.6 Å².